The third-order valence-corrected chi connectivity index (χ3v) is 7.87. The number of rotatable bonds is 8. The molecule has 0 saturated heterocycles. The molecule has 192 valence electrons. The molecule has 10 heteroatoms. The largest absolute Gasteiger partial charge is 0.439 e. The molecule has 1 fully saturated rings. The van der Waals surface area contributed by atoms with Crippen LogP contribution in [0, 0.1) is 17.2 Å². The van der Waals surface area contributed by atoms with E-state index in [0.717, 1.165) is 24.0 Å². The highest BCUT2D eigenvalue weighted by Gasteiger charge is 2.30. The number of nitrogens with one attached hydrogen (secondary N) is 2. The fraction of sp³-hybridized carbons (Fsp3) is 0.250. The normalized spacial score (nSPS) is 13.1. The van der Waals surface area contributed by atoms with Crippen LogP contribution in [0.3, 0.4) is 0 Å². The van der Waals surface area contributed by atoms with Crippen LogP contribution in [-0.2, 0) is 14.6 Å². The summed E-state index contributed by atoms with van der Waals surface area (Å²) in [7, 11) is 0. The van der Waals surface area contributed by atoms with Gasteiger partial charge in [0.05, 0.1) is 11.5 Å². The second-order valence-corrected chi connectivity index (χ2v) is 11.3. The zero-order chi connectivity index (χ0) is 26.9. The quantitative estimate of drug-likeness (QED) is 0.162. The summed E-state index contributed by atoms with van der Waals surface area (Å²) in [5.74, 6) is 0.737. The predicted molar refractivity (Wildman–Crippen MR) is 156 cm³/mol. The predicted octanol–water partition coefficient (Wildman–Crippen LogP) is 6.82. The smallest absolute Gasteiger partial charge is 0.255 e. The van der Waals surface area contributed by atoms with Crippen LogP contribution < -0.4 is 15.4 Å². The average molecular weight is 638 g/mol. The van der Waals surface area contributed by atoms with Crippen molar-refractivity contribution in [2.45, 2.75) is 36.5 Å². The first-order chi connectivity index (χ1) is 18.3. The molecule has 2 heterocycles. The van der Waals surface area contributed by atoms with Crippen molar-refractivity contribution < 1.29 is 14.3 Å². The number of nitrogens with zero attached hydrogens (tertiary/aromatic N) is 3. The minimum Gasteiger partial charge on any atom is -0.439 e. The molecule has 38 heavy (non-hydrogen) atoms. The number of benzene rings is 2. The van der Waals surface area contributed by atoms with Crippen LogP contribution in [0.2, 0.25) is 0 Å². The Hall–Kier alpha value is -3.56. The van der Waals surface area contributed by atoms with Crippen LogP contribution in [0.25, 0.3) is 10.3 Å². The molecule has 4 aromatic rings. The SMILES string of the molecule is CC(C)(C#N)c1cccc(C(=O)Nc2cccc(Oc3ccc4nc(NC(=O)C5CC5)sc4n3)c2)c1CI. The monoisotopic (exact) mass is 637 g/mol. The number of anilines is 2. The first kappa shape index (κ1) is 26.1. The van der Waals surface area contributed by atoms with E-state index in [1.807, 2.05) is 26.0 Å². The number of thiazole rings is 1. The number of alkyl halides is 1. The molecule has 0 radical (unpaired) electrons. The van der Waals surface area contributed by atoms with Gasteiger partial charge in [0.1, 0.15) is 16.1 Å². The second kappa shape index (κ2) is 10.7. The van der Waals surface area contributed by atoms with E-state index < -0.39 is 5.41 Å². The molecule has 2 amide bonds. The molecular formula is C28H24IN5O3S. The van der Waals surface area contributed by atoms with Crippen LogP contribution in [0.5, 0.6) is 11.6 Å². The molecular weight excluding hydrogens is 613 g/mol. The molecule has 0 bridgehead atoms. The van der Waals surface area contributed by atoms with Crippen LogP contribution in [0.4, 0.5) is 10.8 Å². The molecule has 2 aromatic carbocycles. The molecule has 5 rings (SSSR count). The van der Waals surface area contributed by atoms with E-state index >= 15 is 0 Å². The summed E-state index contributed by atoms with van der Waals surface area (Å²) in [6.45, 7) is 3.70. The Morgan fingerprint density at radius 3 is 2.66 bits per heavy atom. The van der Waals surface area contributed by atoms with Crippen molar-refractivity contribution in [3.8, 4) is 17.7 Å². The zero-order valence-corrected chi connectivity index (χ0v) is 23.7. The molecule has 8 nitrogen and oxygen atoms in total. The van der Waals surface area contributed by atoms with Gasteiger partial charge in [0.25, 0.3) is 5.91 Å². The number of hydrogen-bond donors (Lipinski definition) is 2. The lowest BCUT2D eigenvalue weighted by Gasteiger charge is -2.21. The summed E-state index contributed by atoms with van der Waals surface area (Å²) in [5.41, 5.74) is 2.77. The van der Waals surface area contributed by atoms with Crippen molar-refractivity contribution >= 4 is 66.9 Å². The number of carbonyl (C=O) groups is 2. The number of hydrogen-bond acceptors (Lipinski definition) is 7. The van der Waals surface area contributed by atoms with Gasteiger partial charge in [-0.15, -0.1) is 0 Å². The van der Waals surface area contributed by atoms with E-state index in [4.69, 9.17) is 4.74 Å². The number of pyridine rings is 1. The number of aromatic nitrogens is 2. The Labute approximate surface area is 237 Å². The number of halogens is 1. The topological polar surface area (TPSA) is 117 Å². The van der Waals surface area contributed by atoms with Crippen LogP contribution in [-0.4, -0.2) is 21.8 Å². The number of amides is 2. The van der Waals surface area contributed by atoms with Crippen LogP contribution >= 0.6 is 33.9 Å². The van der Waals surface area contributed by atoms with Crippen molar-refractivity contribution in [1.82, 2.24) is 9.97 Å². The minimum absolute atomic E-state index is 0.00510. The number of fused-ring (bicyclic) bond motifs is 1. The molecule has 2 aromatic heterocycles. The van der Waals surface area contributed by atoms with Crippen molar-refractivity contribution in [1.29, 1.82) is 5.26 Å². The standard InChI is InChI=1S/C28H24IN5O3S/c1-28(2,15-30)21-8-4-7-19(20(21)14-29)25(36)31-17-5-3-6-18(13-17)37-23-12-11-22-26(33-23)38-27(32-22)34-24(35)16-9-10-16/h3-8,11-13,16H,9-10,14H2,1-2H3,(H,31,36)(H,32,34,35). The molecule has 1 aliphatic carbocycles. The Balaban J connectivity index is 1.32. The Morgan fingerprint density at radius 1 is 1.13 bits per heavy atom. The van der Waals surface area contributed by atoms with E-state index in [1.165, 1.54) is 11.3 Å². The lowest BCUT2D eigenvalue weighted by Crippen LogP contribution is -2.20. The molecule has 1 saturated carbocycles. The first-order valence-corrected chi connectivity index (χ1v) is 14.4. The number of ether oxygens (including phenoxy) is 1. The van der Waals surface area contributed by atoms with Crippen LogP contribution in [0.1, 0.15) is 48.2 Å². The van der Waals surface area contributed by atoms with E-state index in [0.29, 0.717) is 42.8 Å². The number of nitriles is 1. The maximum Gasteiger partial charge on any atom is 0.255 e. The molecule has 0 unspecified atom stereocenters. The Bertz CT molecular complexity index is 1590. The summed E-state index contributed by atoms with van der Waals surface area (Å²) in [6, 6.07) is 18.4. The molecule has 0 atom stereocenters. The van der Waals surface area contributed by atoms with Gasteiger partial charge in [-0.3, -0.25) is 9.59 Å². The van der Waals surface area contributed by atoms with E-state index in [9.17, 15) is 14.9 Å². The van der Waals surface area contributed by atoms with Gasteiger partial charge in [-0.1, -0.05) is 52.1 Å². The van der Waals surface area contributed by atoms with E-state index in [2.05, 4.69) is 49.3 Å². The summed E-state index contributed by atoms with van der Waals surface area (Å²) in [4.78, 5) is 34.9. The lowest BCUT2D eigenvalue weighted by molar-refractivity contribution is -0.117. The molecule has 1 aliphatic rings. The third-order valence-electron chi connectivity index (χ3n) is 6.23. The highest BCUT2D eigenvalue weighted by molar-refractivity contribution is 14.1. The maximum atomic E-state index is 13.2. The van der Waals surface area contributed by atoms with Crippen molar-refractivity contribution in [2.75, 3.05) is 10.6 Å². The fourth-order valence-corrected chi connectivity index (χ4v) is 5.66. The lowest BCUT2D eigenvalue weighted by atomic mass is 9.82. The third kappa shape index (κ3) is 5.63. The maximum absolute atomic E-state index is 13.2. The van der Waals surface area contributed by atoms with E-state index in [-0.39, 0.29) is 17.7 Å². The van der Waals surface area contributed by atoms with Gasteiger partial charge in [0, 0.05) is 33.7 Å². The summed E-state index contributed by atoms with van der Waals surface area (Å²) >= 11 is 3.52. The molecule has 0 spiro atoms. The summed E-state index contributed by atoms with van der Waals surface area (Å²) < 4.78 is 6.57. The van der Waals surface area contributed by atoms with Gasteiger partial charge in [-0.2, -0.15) is 5.26 Å². The van der Waals surface area contributed by atoms with Gasteiger partial charge < -0.3 is 15.4 Å². The number of carbonyl (C=O) groups excluding carboxylic acids is 2. The minimum atomic E-state index is -0.708. The van der Waals surface area contributed by atoms with Gasteiger partial charge in [-0.25, -0.2) is 9.97 Å². The highest BCUT2D eigenvalue weighted by atomic mass is 127. The van der Waals surface area contributed by atoms with Gasteiger partial charge in [0.2, 0.25) is 11.8 Å². The van der Waals surface area contributed by atoms with Crippen LogP contribution in [0.15, 0.2) is 54.6 Å². The van der Waals surface area contributed by atoms with Gasteiger partial charge >= 0.3 is 0 Å². The second-order valence-electron chi connectivity index (χ2n) is 9.54. The fourth-order valence-electron chi connectivity index (χ4n) is 4.01. The summed E-state index contributed by atoms with van der Waals surface area (Å²) in [5, 5.41) is 15.9. The zero-order valence-electron chi connectivity index (χ0n) is 20.7. The highest BCUT2D eigenvalue weighted by Crippen LogP contribution is 2.33. The Morgan fingerprint density at radius 2 is 1.92 bits per heavy atom. The first-order valence-electron chi connectivity index (χ1n) is 12.0. The van der Waals surface area contributed by atoms with Gasteiger partial charge in [0.15, 0.2) is 5.13 Å². The van der Waals surface area contributed by atoms with E-state index in [1.54, 1.807) is 42.5 Å². The summed E-state index contributed by atoms with van der Waals surface area (Å²) in [6.07, 6.45) is 1.86. The van der Waals surface area contributed by atoms with Crippen molar-refractivity contribution in [2.24, 2.45) is 5.92 Å². The molecule has 0 aliphatic heterocycles. The van der Waals surface area contributed by atoms with Gasteiger partial charge in [-0.05, 0) is 62.1 Å². The van der Waals surface area contributed by atoms with Crippen molar-refractivity contribution in [3.63, 3.8) is 0 Å². The Kier molecular flexibility index (Phi) is 7.32. The average Bonchev–Trinajstić information content (AvgIpc) is 3.69. The molecule has 2 N–H and O–H groups in total. The van der Waals surface area contributed by atoms with Crippen molar-refractivity contribution in [3.05, 3.63) is 71.3 Å².